The molecule has 0 radical (unpaired) electrons. The Bertz CT molecular complexity index is 1870. The highest BCUT2D eigenvalue weighted by atomic mass is 35.5. The normalized spacial score (nSPS) is 18.5. The number of halogens is 1. The Morgan fingerprint density at radius 2 is 1.76 bits per heavy atom. The van der Waals surface area contributed by atoms with Crippen LogP contribution in [0, 0.1) is 20.8 Å². The fourth-order valence-electron chi connectivity index (χ4n) is 5.59. The molecule has 6 rings (SSSR count). The standard InChI is InChI=1S/C33H32ClN7O4S/c1-17-18(2)46-33-30(17)31(20-5-8-22(34)9-6-20)38-25(32-40-39-19(3)41(32)33)15-28(44)37-24-13-23(14-24)36-27(43)11-10-26(42)21-7-12-29(45-4)35-16-21/h5-12,16,23-25H,13-15H2,1-4H3,(H,36,43)(H,37,44)/b11-10+/t23?,24?,25-/m0/s1. The number of hydrogen-bond acceptors (Lipinski definition) is 9. The second-order valence-corrected chi connectivity index (χ2v) is 13.0. The van der Waals surface area contributed by atoms with E-state index in [4.69, 9.17) is 21.3 Å². The predicted octanol–water partition coefficient (Wildman–Crippen LogP) is 4.80. The molecule has 0 unspecified atom stereocenters. The maximum atomic E-state index is 13.3. The van der Waals surface area contributed by atoms with Gasteiger partial charge in [-0.25, -0.2) is 4.98 Å². The van der Waals surface area contributed by atoms with Crippen molar-refractivity contribution < 1.29 is 19.1 Å². The Morgan fingerprint density at radius 3 is 2.46 bits per heavy atom. The van der Waals surface area contributed by atoms with E-state index in [0.29, 0.717) is 35.1 Å². The molecule has 3 aromatic heterocycles. The minimum Gasteiger partial charge on any atom is -0.481 e. The Hall–Kier alpha value is -4.68. The highest BCUT2D eigenvalue weighted by Gasteiger charge is 2.35. The number of ketones is 1. The fourth-order valence-corrected chi connectivity index (χ4v) is 6.93. The molecule has 2 aliphatic rings. The van der Waals surface area contributed by atoms with Crippen LogP contribution in [0.15, 0.2) is 59.7 Å². The maximum Gasteiger partial charge on any atom is 0.244 e. The number of fused-ring (bicyclic) bond motifs is 3. The Balaban J connectivity index is 1.10. The topological polar surface area (TPSA) is 140 Å². The van der Waals surface area contributed by atoms with Crippen LogP contribution in [-0.2, 0) is 9.59 Å². The lowest BCUT2D eigenvalue weighted by atomic mass is 9.86. The number of aryl methyl sites for hydroxylation is 2. The van der Waals surface area contributed by atoms with Gasteiger partial charge in [0, 0.05) is 57.0 Å². The summed E-state index contributed by atoms with van der Waals surface area (Å²) in [5.74, 6) is 0.863. The first-order valence-corrected chi connectivity index (χ1v) is 16.0. The molecule has 0 saturated heterocycles. The van der Waals surface area contributed by atoms with Crippen LogP contribution in [0.2, 0.25) is 5.02 Å². The quantitative estimate of drug-likeness (QED) is 0.195. The number of benzene rings is 1. The number of thiophene rings is 1. The number of methoxy groups -OCH3 is 1. The number of carbonyl (C=O) groups excluding carboxylic acids is 3. The first kappa shape index (κ1) is 31.3. The van der Waals surface area contributed by atoms with Gasteiger partial charge in [0.2, 0.25) is 17.7 Å². The molecule has 1 aromatic carbocycles. The van der Waals surface area contributed by atoms with Crippen molar-refractivity contribution in [3.05, 3.63) is 98.5 Å². The third-order valence-electron chi connectivity index (χ3n) is 8.20. The van der Waals surface area contributed by atoms with Gasteiger partial charge in [0.05, 0.1) is 19.2 Å². The molecule has 236 valence electrons. The molecule has 2 amide bonds. The molecule has 1 atom stereocenters. The summed E-state index contributed by atoms with van der Waals surface area (Å²) in [5.41, 5.74) is 4.17. The molecule has 1 saturated carbocycles. The Labute approximate surface area is 274 Å². The zero-order chi connectivity index (χ0) is 32.5. The number of pyridine rings is 1. The van der Waals surface area contributed by atoms with Crippen LogP contribution in [0.4, 0.5) is 0 Å². The summed E-state index contributed by atoms with van der Waals surface area (Å²) in [4.78, 5) is 48.4. The van der Waals surface area contributed by atoms with E-state index < -0.39 is 6.04 Å². The summed E-state index contributed by atoms with van der Waals surface area (Å²) in [6.45, 7) is 6.07. The number of ether oxygens (including phenoxy) is 1. The number of aliphatic imine (C=N–C) groups is 1. The van der Waals surface area contributed by atoms with Gasteiger partial charge in [-0.15, -0.1) is 21.5 Å². The van der Waals surface area contributed by atoms with Crippen molar-refractivity contribution in [3.63, 3.8) is 0 Å². The third-order valence-corrected chi connectivity index (χ3v) is 9.65. The largest absolute Gasteiger partial charge is 0.481 e. The maximum absolute atomic E-state index is 13.3. The molecule has 0 bridgehead atoms. The van der Waals surface area contributed by atoms with Gasteiger partial charge in [0.25, 0.3) is 0 Å². The highest BCUT2D eigenvalue weighted by molar-refractivity contribution is 7.15. The summed E-state index contributed by atoms with van der Waals surface area (Å²) in [6, 6.07) is 9.96. The van der Waals surface area contributed by atoms with Crippen LogP contribution in [0.25, 0.3) is 5.00 Å². The van der Waals surface area contributed by atoms with Crippen molar-refractivity contribution in [3.8, 4) is 10.9 Å². The van der Waals surface area contributed by atoms with Crippen LogP contribution in [0.5, 0.6) is 5.88 Å². The summed E-state index contributed by atoms with van der Waals surface area (Å²) in [7, 11) is 1.49. The van der Waals surface area contributed by atoms with E-state index in [-0.39, 0.29) is 36.1 Å². The number of amides is 2. The molecule has 0 spiro atoms. The molecule has 46 heavy (non-hydrogen) atoms. The highest BCUT2D eigenvalue weighted by Crippen LogP contribution is 2.39. The average molecular weight is 658 g/mol. The number of nitrogens with zero attached hydrogens (tertiary/aromatic N) is 5. The summed E-state index contributed by atoms with van der Waals surface area (Å²) < 4.78 is 7.01. The van der Waals surface area contributed by atoms with E-state index in [1.165, 1.54) is 30.3 Å². The van der Waals surface area contributed by atoms with Gasteiger partial charge in [-0.2, -0.15) is 0 Å². The average Bonchev–Trinajstić information content (AvgIpc) is 3.51. The van der Waals surface area contributed by atoms with E-state index in [1.807, 2.05) is 35.8 Å². The smallest absolute Gasteiger partial charge is 0.244 e. The monoisotopic (exact) mass is 657 g/mol. The first-order chi connectivity index (χ1) is 22.1. The van der Waals surface area contributed by atoms with Crippen LogP contribution >= 0.6 is 22.9 Å². The second-order valence-electron chi connectivity index (χ2n) is 11.3. The van der Waals surface area contributed by atoms with Crippen LogP contribution < -0.4 is 15.4 Å². The van der Waals surface area contributed by atoms with Crippen molar-refractivity contribution in [2.75, 3.05) is 7.11 Å². The molecule has 13 heteroatoms. The molecular formula is C33H32ClN7O4S. The SMILES string of the molecule is COc1ccc(C(=O)/C=C/C(=O)NC2CC(NC(=O)C[C@@H]3N=C(c4ccc(Cl)cc4)c4c(sc(C)c4C)-n4c(C)nnc43)C2)cn1. The molecular weight excluding hydrogens is 626 g/mol. The summed E-state index contributed by atoms with van der Waals surface area (Å²) >= 11 is 7.86. The number of aromatic nitrogens is 4. The Kier molecular flexibility index (Phi) is 8.83. The molecule has 2 N–H and O–H groups in total. The van der Waals surface area contributed by atoms with Gasteiger partial charge in [-0.3, -0.25) is 23.9 Å². The molecule has 1 aliphatic heterocycles. The first-order valence-electron chi connectivity index (χ1n) is 14.8. The number of hydrogen-bond donors (Lipinski definition) is 2. The molecule has 4 heterocycles. The van der Waals surface area contributed by atoms with Gasteiger partial charge in [-0.05, 0) is 63.5 Å². The number of allylic oxidation sites excluding steroid dienone is 1. The van der Waals surface area contributed by atoms with Gasteiger partial charge in [0.1, 0.15) is 16.9 Å². The molecule has 1 fully saturated rings. The molecule has 4 aromatic rings. The minimum absolute atomic E-state index is 0.0841. The van der Waals surface area contributed by atoms with Crippen molar-refractivity contribution in [2.45, 2.75) is 58.2 Å². The lowest BCUT2D eigenvalue weighted by Gasteiger charge is -2.36. The molecule has 11 nitrogen and oxygen atoms in total. The van der Waals surface area contributed by atoms with Crippen LogP contribution in [0.3, 0.4) is 0 Å². The lowest BCUT2D eigenvalue weighted by molar-refractivity contribution is -0.123. The van der Waals surface area contributed by atoms with E-state index in [0.717, 1.165) is 33.2 Å². The minimum atomic E-state index is -0.565. The van der Waals surface area contributed by atoms with E-state index >= 15 is 0 Å². The van der Waals surface area contributed by atoms with E-state index in [9.17, 15) is 14.4 Å². The van der Waals surface area contributed by atoms with Crippen molar-refractivity contribution in [1.29, 1.82) is 0 Å². The summed E-state index contributed by atoms with van der Waals surface area (Å²) in [6.07, 6.45) is 5.06. The zero-order valence-corrected chi connectivity index (χ0v) is 27.3. The van der Waals surface area contributed by atoms with Crippen LogP contribution in [-0.4, -0.2) is 62.3 Å². The van der Waals surface area contributed by atoms with E-state index in [1.54, 1.807) is 23.5 Å². The predicted molar refractivity (Wildman–Crippen MR) is 175 cm³/mol. The van der Waals surface area contributed by atoms with Gasteiger partial charge >= 0.3 is 0 Å². The second kappa shape index (κ2) is 13.0. The fraction of sp³-hybridized carbons (Fsp3) is 0.303. The van der Waals surface area contributed by atoms with Gasteiger partial charge in [-0.1, -0.05) is 23.7 Å². The number of nitrogens with one attached hydrogen (secondary N) is 2. The zero-order valence-electron chi connectivity index (χ0n) is 25.7. The van der Waals surface area contributed by atoms with Crippen molar-refractivity contribution >= 4 is 46.2 Å². The third kappa shape index (κ3) is 6.35. The molecule has 1 aliphatic carbocycles. The van der Waals surface area contributed by atoms with Gasteiger partial charge in [0.15, 0.2) is 11.6 Å². The summed E-state index contributed by atoms with van der Waals surface area (Å²) in [5, 5.41) is 16.4. The van der Waals surface area contributed by atoms with E-state index in [2.05, 4.69) is 39.7 Å². The van der Waals surface area contributed by atoms with Crippen LogP contribution in [0.1, 0.15) is 68.9 Å². The van der Waals surface area contributed by atoms with Gasteiger partial charge < -0.3 is 15.4 Å². The van der Waals surface area contributed by atoms with Crippen molar-refractivity contribution in [1.82, 2.24) is 30.4 Å². The Morgan fingerprint density at radius 1 is 1.02 bits per heavy atom. The van der Waals surface area contributed by atoms with Crippen molar-refractivity contribution in [2.24, 2.45) is 4.99 Å². The lowest BCUT2D eigenvalue weighted by Crippen LogP contribution is -2.53. The number of rotatable bonds is 9. The number of carbonyl (C=O) groups is 3.